The Kier molecular flexibility index (Phi) is 1.24. The molecule has 1 aliphatic rings. The van der Waals surface area contributed by atoms with E-state index in [1.54, 1.807) is 6.20 Å². The molecular weight excluding hydrogens is 126 g/mol. The summed E-state index contributed by atoms with van der Waals surface area (Å²) in [6.45, 7) is 0. The molecule has 1 heterocycles. The Morgan fingerprint density at radius 1 is 1.70 bits per heavy atom. The van der Waals surface area contributed by atoms with Crippen LogP contribution in [0.2, 0.25) is 0 Å². The van der Waals surface area contributed by atoms with Gasteiger partial charge >= 0.3 is 0 Å². The van der Waals surface area contributed by atoms with Gasteiger partial charge in [-0.05, 0) is 18.8 Å². The van der Waals surface area contributed by atoms with Crippen molar-refractivity contribution in [2.45, 2.75) is 18.9 Å². The fraction of sp³-hybridized carbons (Fsp3) is 0.571. The maximum Gasteiger partial charge on any atom is 0.123 e. The maximum atomic E-state index is 5.85. The molecule has 0 aromatic carbocycles. The average Bonchev–Trinajstić information content (AvgIpc) is 2.65. The average molecular weight is 137 g/mol. The van der Waals surface area contributed by atoms with Crippen molar-refractivity contribution < 1.29 is 0 Å². The van der Waals surface area contributed by atoms with E-state index in [1.165, 1.54) is 12.8 Å². The lowest BCUT2D eigenvalue weighted by molar-refractivity contribution is 0.600. The fourth-order valence-electron chi connectivity index (χ4n) is 1.14. The molecule has 0 bridgehead atoms. The Morgan fingerprint density at radius 3 is 3.00 bits per heavy atom. The van der Waals surface area contributed by atoms with E-state index >= 15 is 0 Å². The lowest BCUT2D eigenvalue weighted by Crippen LogP contribution is -2.13. The fourth-order valence-corrected chi connectivity index (χ4v) is 1.14. The molecule has 3 nitrogen and oxygen atoms in total. The summed E-state index contributed by atoms with van der Waals surface area (Å²) in [6, 6.07) is 0.148. The highest BCUT2D eigenvalue weighted by Gasteiger charge is 2.30. The molecule has 3 N–H and O–H groups in total. The number of imidazole rings is 1. The van der Waals surface area contributed by atoms with Gasteiger partial charge in [-0.2, -0.15) is 0 Å². The first-order valence-corrected chi connectivity index (χ1v) is 3.63. The molecule has 0 radical (unpaired) electrons. The number of hydrogen-bond donors (Lipinski definition) is 2. The van der Waals surface area contributed by atoms with Crippen LogP contribution in [0.3, 0.4) is 0 Å². The van der Waals surface area contributed by atoms with Crippen molar-refractivity contribution in [2.75, 3.05) is 0 Å². The van der Waals surface area contributed by atoms with E-state index in [0.717, 1.165) is 5.82 Å². The molecule has 1 atom stereocenters. The van der Waals surface area contributed by atoms with Crippen molar-refractivity contribution in [1.82, 2.24) is 9.97 Å². The number of aromatic nitrogens is 2. The van der Waals surface area contributed by atoms with Crippen LogP contribution in [-0.2, 0) is 0 Å². The molecule has 1 saturated carbocycles. The van der Waals surface area contributed by atoms with E-state index in [2.05, 4.69) is 9.97 Å². The molecule has 0 saturated heterocycles. The molecule has 0 aliphatic heterocycles. The van der Waals surface area contributed by atoms with E-state index < -0.39 is 0 Å². The molecule has 54 valence electrons. The van der Waals surface area contributed by atoms with Crippen LogP contribution in [0.1, 0.15) is 24.7 Å². The summed E-state index contributed by atoms with van der Waals surface area (Å²) in [5, 5.41) is 0. The molecule has 1 aromatic heterocycles. The summed E-state index contributed by atoms with van der Waals surface area (Å²) in [6.07, 6.45) is 6.10. The van der Waals surface area contributed by atoms with Gasteiger partial charge in [0, 0.05) is 12.4 Å². The normalized spacial score (nSPS) is 20.9. The van der Waals surface area contributed by atoms with Gasteiger partial charge in [-0.1, -0.05) is 0 Å². The summed E-state index contributed by atoms with van der Waals surface area (Å²) in [5.41, 5.74) is 5.85. The van der Waals surface area contributed by atoms with Gasteiger partial charge in [0.05, 0.1) is 6.04 Å². The number of nitrogens with two attached hydrogens (primary N) is 1. The highest BCUT2D eigenvalue weighted by atomic mass is 14.9. The van der Waals surface area contributed by atoms with Crippen molar-refractivity contribution in [3.05, 3.63) is 18.2 Å². The Labute approximate surface area is 59.7 Å². The van der Waals surface area contributed by atoms with E-state index in [1.807, 2.05) is 6.20 Å². The summed E-state index contributed by atoms with van der Waals surface area (Å²) in [7, 11) is 0. The van der Waals surface area contributed by atoms with Crippen LogP contribution >= 0.6 is 0 Å². The van der Waals surface area contributed by atoms with Gasteiger partial charge in [-0.3, -0.25) is 0 Å². The first-order valence-electron chi connectivity index (χ1n) is 3.63. The number of rotatable bonds is 2. The predicted molar refractivity (Wildman–Crippen MR) is 38.2 cm³/mol. The largest absolute Gasteiger partial charge is 0.347 e. The highest BCUT2D eigenvalue weighted by Crippen LogP contribution is 2.38. The maximum absolute atomic E-state index is 5.85. The molecule has 1 aliphatic carbocycles. The molecule has 1 aromatic rings. The highest BCUT2D eigenvalue weighted by molar-refractivity contribution is 5.00. The molecule has 3 heteroatoms. The van der Waals surface area contributed by atoms with Gasteiger partial charge in [0.2, 0.25) is 0 Å². The topological polar surface area (TPSA) is 54.7 Å². The zero-order valence-corrected chi connectivity index (χ0v) is 5.75. The lowest BCUT2D eigenvalue weighted by Gasteiger charge is -2.04. The molecule has 1 fully saturated rings. The molecule has 0 spiro atoms. The summed E-state index contributed by atoms with van der Waals surface area (Å²) in [5.74, 6) is 1.62. The van der Waals surface area contributed by atoms with Gasteiger partial charge in [0.25, 0.3) is 0 Å². The zero-order chi connectivity index (χ0) is 6.97. The van der Waals surface area contributed by atoms with E-state index in [9.17, 15) is 0 Å². The van der Waals surface area contributed by atoms with Gasteiger partial charge in [0.1, 0.15) is 5.82 Å². The molecule has 1 unspecified atom stereocenters. The van der Waals surface area contributed by atoms with Gasteiger partial charge in [0.15, 0.2) is 0 Å². The summed E-state index contributed by atoms with van der Waals surface area (Å²) >= 11 is 0. The molecular formula is C7H11N3. The van der Waals surface area contributed by atoms with Crippen molar-refractivity contribution >= 4 is 0 Å². The molecule has 10 heavy (non-hydrogen) atoms. The van der Waals surface area contributed by atoms with Gasteiger partial charge in [-0.25, -0.2) is 4.98 Å². The number of hydrogen-bond acceptors (Lipinski definition) is 2. The van der Waals surface area contributed by atoms with E-state index in [-0.39, 0.29) is 6.04 Å². The van der Waals surface area contributed by atoms with E-state index in [0.29, 0.717) is 5.92 Å². The molecule has 2 rings (SSSR count). The Hall–Kier alpha value is -0.830. The van der Waals surface area contributed by atoms with Crippen LogP contribution in [0.4, 0.5) is 0 Å². The monoisotopic (exact) mass is 137 g/mol. The van der Waals surface area contributed by atoms with Crippen molar-refractivity contribution in [2.24, 2.45) is 11.7 Å². The quantitative estimate of drug-likeness (QED) is 0.634. The van der Waals surface area contributed by atoms with Gasteiger partial charge < -0.3 is 10.7 Å². The zero-order valence-electron chi connectivity index (χ0n) is 5.75. The number of nitrogens with one attached hydrogen (secondary N) is 1. The third-order valence-electron chi connectivity index (χ3n) is 1.96. The summed E-state index contributed by atoms with van der Waals surface area (Å²) < 4.78 is 0. The van der Waals surface area contributed by atoms with Crippen LogP contribution in [0.25, 0.3) is 0 Å². The first-order chi connectivity index (χ1) is 4.88. The number of aromatic amines is 1. The minimum Gasteiger partial charge on any atom is -0.347 e. The minimum atomic E-state index is 0.148. The smallest absolute Gasteiger partial charge is 0.123 e. The molecule has 0 amide bonds. The van der Waals surface area contributed by atoms with Crippen LogP contribution in [0.5, 0.6) is 0 Å². The lowest BCUT2D eigenvalue weighted by atomic mass is 10.2. The van der Waals surface area contributed by atoms with Crippen molar-refractivity contribution in [3.63, 3.8) is 0 Å². The van der Waals surface area contributed by atoms with E-state index in [4.69, 9.17) is 5.73 Å². The van der Waals surface area contributed by atoms with Crippen LogP contribution in [-0.4, -0.2) is 9.97 Å². The van der Waals surface area contributed by atoms with Crippen LogP contribution < -0.4 is 5.73 Å². The second-order valence-electron chi connectivity index (χ2n) is 2.84. The standard InChI is InChI=1S/C7H11N3/c8-6(5-1-2-5)7-9-3-4-10-7/h3-6H,1-2,8H2,(H,9,10). The second-order valence-corrected chi connectivity index (χ2v) is 2.84. The Bertz CT molecular complexity index is 201. The first kappa shape index (κ1) is 5.92. The predicted octanol–water partition coefficient (Wildman–Crippen LogP) is 0.820. The van der Waals surface area contributed by atoms with Gasteiger partial charge in [-0.15, -0.1) is 0 Å². The van der Waals surface area contributed by atoms with Crippen molar-refractivity contribution in [3.8, 4) is 0 Å². The number of H-pyrrole nitrogens is 1. The number of nitrogens with zero attached hydrogens (tertiary/aromatic N) is 1. The second kappa shape index (κ2) is 2.09. The van der Waals surface area contributed by atoms with Crippen molar-refractivity contribution in [1.29, 1.82) is 0 Å². The Balaban J connectivity index is 2.11. The third-order valence-corrected chi connectivity index (χ3v) is 1.96. The van der Waals surface area contributed by atoms with Crippen LogP contribution in [0.15, 0.2) is 12.4 Å². The SMILES string of the molecule is NC(c1ncc[nH]1)C1CC1. The third kappa shape index (κ3) is 0.926. The Morgan fingerprint density at radius 2 is 2.50 bits per heavy atom. The minimum absolute atomic E-state index is 0.148. The summed E-state index contributed by atoms with van der Waals surface area (Å²) in [4.78, 5) is 7.12. The van der Waals surface area contributed by atoms with Crippen LogP contribution in [0, 0.1) is 5.92 Å².